The number of anilines is 1. The van der Waals surface area contributed by atoms with Gasteiger partial charge in [0.1, 0.15) is 23.0 Å². The summed E-state index contributed by atoms with van der Waals surface area (Å²) in [6, 6.07) is 8.75. The van der Waals surface area contributed by atoms with E-state index in [0.29, 0.717) is 40.4 Å². The van der Waals surface area contributed by atoms with Crippen molar-refractivity contribution in [2.75, 3.05) is 12.4 Å². The van der Waals surface area contributed by atoms with E-state index in [0.717, 1.165) is 18.4 Å². The summed E-state index contributed by atoms with van der Waals surface area (Å²) in [5.74, 6) is 1.65. The summed E-state index contributed by atoms with van der Waals surface area (Å²) < 4.78 is 7.72. The number of aryl methyl sites for hydroxylation is 1. The topological polar surface area (TPSA) is 137 Å². The Morgan fingerprint density at radius 2 is 2.00 bits per heavy atom. The quantitative estimate of drug-likeness (QED) is 0.477. The maximum atomic E-state index is 12.3. The van der Waals surface area contributed by atoms with E-state index in [1.165, 1.54) is 6.92 Å². The molecule has 4 N–H and O–H groups in total. The van der Waals surface area contributed by atoms with E-state index in [1.807, 2.05) is 19.2 Å². The molecule has 0 aliphatic heterocycles. The molecule has 2 amide bonds. The van der Waals surface area contributed by atoms with E-state index >= 15 is 0 Å². The zero-order valence-corrected chi connectivity index (χ0v) is 18.6. The SMILES string of the molecule is CNC(=O)C(/C=C(\N)C1CC1)=N/c1nc2ccc(Oc3ccnc(NC(C)=O)c3)cc2n1C. The van der Waals surface area contributed by atoms with Crippen molar-refractivity contribution in [3.63, 3.8) is 0 Å². The van der Waals surface area contributed by atoms with Gasteiger partial charge in [0, 0.05) is 45.0 Å². The van der Waals surface area contributed by atoms with Gasteiger partial charge in [-0.2, -0.15) is 0 Å². The number of fused-ring (bicyclic) bond motifs is 1. The molecule has 10 heteroatoms. The molecule has 0 spiro atoms. The number of aliphatic imine (C=N–C) groups is 1. The highest BCUT2D eigenvalue weighted by molar-refractivity contribution is 6.43. The van der Waals surface area contributed by atoms with Gasteiger partial charge in [0.05, 0.1) is 11.0 Å². The molecule has 1 saturated carbocycles. The standard InChI is InChI=1S/C23H25N7O3/c1-13(31)27-21-11-16(8-9-26-21)33-15-6-7-18-20(10-15)30(3)23(28-18)29-19(22(32)25-2)12-17(24)14-4-5-14/h6-12,14H,4-5,24H2,1-3H3,(H,25,32)(H,26,27,31)/b17-12-,29-19+. The monoisotopic (exact) mass is 447 g/mol. The number of hydrogen-bond donors (Lipinski definition) is 3. The molecular formula is C23H25N7O3. The van der Waals surface area contributed by atoms with Crippen LogP contribution in [0, 0.1) is 5.92 Å². The number of rotatable bonds is 7. The summed E-state index contributed by atoms with van der Waals surface area (Å²) in [7, 11) is 3.36. The summed E-state index contributed by atoms with van der Waals surface area (Å²) in [4.78, 5) is 36.7. The fourth-order valence-corrected chi connectivity index (χ4v) is 3.26. The normalized spacial score (nSPS) is 14.3. The molecular weight excluding hydrogens is 422 g/mol. The number of nitrogens with one attached hydrogen (secondary N) is 2. The van der Waals surface area contributed by atoms with Gasteiger partial charge in [-0.3, -0.25) is 9.59 Å². The molecule has 1 fully saturated rings. The number of ether oxygens (including phenoxy) is 1. The predicted octanol–water partition coefficient (Wildman–Crippen LogP) is 2.79. The number of pyridine rings is 1. The third-order valence-corrected chi connectivity index (χ3v) is 5.13. The van der Waals surface area contributed by atoms with Crippen molar-refractivity contribution in [1.82, 2.24) is 19.9 Å². The Kier molecular flexibility index (Phi) is 6.07. The van der Waals surface area contributed by atoms with Crippen LogP contribution in [0.1, 0.15) is 19.8 Å². The molecule has 2 heterocycles. The smallest absolute Gasteiger partial charge is 0.269 e. The Balaban J connectivity index is 1.64. The lowest BCUT2D eigenvalue weighted by atomic mass is 10.2. The van der Waals surface area contributed by atoms with Crippen LogP contribution >= 0.6 is 0 Å². The first-order chi connectivity index (χ1) is 15.8. The molecule has 0 atom stereocenters. The molecule has 3 aromatic rings. The highest BCUT2D eigenvalue weighted by atomic mass is 16.5. The highest BCUT2D eigenvalue weighted by Gasteiger charge is 2.25. The summed E-state index contributed by atoms with van der Waals surface area (Å²) in [5, 5.41) is 5.22. The van der Waals surface area contributed by atoms with Gasteiger partial charge in [-0.15, -0.1) is 0 Å². The largest absolute Gasteiger partial charge is 0.457 e. The summed E-state index contributed by atoms with van der Waals surface area (Å²) >= 11 is 0. The number of nitrogens with two attached hydrogens (primary N) is 1. The lowest BCUT2D eigenvalue weighted by Gasteiger charge is -2.08. The highest BCUT2D eigenvalue weighted by Crippen LogP contribution is 2.34. The van der Waals surface area contributed by atoms with Crippen molar-refractivity contribution >= 4 is 40.3 Å². The van der Waals surface area contributed by atoms with E-state index in [9.17, 15) is 9.59 Å². The van der Waals surface area contributed by atoms with Crippen LogP contribution in [-0.4, -0.2) is 39.1 Å². The number of carbonyl (C=O) groups excluding carboxylic acids is 2. The van der Waals surface area contributed by atoms with Crippen LogP contribution in [0.15, 0.2) is 53.3 Å². The second kappa shape index (κ2) is 9.11. The van der Waals surface area contributed by atoms with Gasteiger partial charge in [-0.25, -0.2) is 15.0 Å². The minimum Gasteiger partial charge on any atom is -0.457 e. The maximum Gasteiger partial charge on any atom is 0.269 e. The minimum atomic E-state index is -0.331. The number of hydrogen-bond acceptors (Lipinski definition) is 7. The van der Waals surface area contributed by atoms with Gasteiger partial charge in [0.25, 0.3) is 5.91 Å². The zero-order chi connectivity index (χ0) is 23.5. The Morgan fingerprint density at radius 3 is 2.70 bits per heavy atom. The molecule has 0 bridgehead atoms. The second-order valence-electron chi connectivity index (χ2n) is 7.78. The van der Waals surface area contributed by atoms with Gasteiger partial charge in [0.2, 0.25) is 11.9 Å². The molecule has 33 heavy (non-hydrogen) atoms. The lowest BCUT2D eigenvalue weighted by molar-refractivity contribution is -0.115. The number of amides is 2. The van der Waals surface area contributed by atoms with Crippen molar-refractivity contribution < 1.29 is 14.3 Å². The van der Waals surface area contributed by atoms with E-state index in [1.54, 1.807) is 42.1 Å². The molecule has 10 nitrogen and oxygen atoms in total. The van der Waals surface area contributed by atoms with Gasteiger partial charge in [-0.1, -0.05) is 0 Å². The third kappa shape index (κ3) is 5.17. The molecule has 170 valence electrons. The summed E-state index contributed by atoms with van der Waals surface area (Å²) in [5.41, 5.74) is 8.44. The van der Waals surface area contributed by atoms with E-state index in [2.05, 4.69) is 25.6 Å². The molecule has 0 radical (unpaired) electrons. The average Bonchev–Trinajstić information content (AvgIpc) is 3.59. The van der Waals surface area contributed by atoms with Crippen LogP contribution in [0.2, 0.25) is 0 Å². The third-order valence-electron chi connectivity index (χ3n) is 5.13. The van der Waals surface area contributed by atoms with E-state index in [-0.39, 0.29) is 17.5 Å². The minimum absolute atomic E-state index is 0.207. The molecule has 0 saturated heterocycles. The molecule has 2 aromatic heterocycles. The fourth-order valence-electron chi connectivity index (χ4n) is 3.26. The summed E-state index contributed by atoms with van der Waals surface area (Å²) in [6.45, 7) is 1.41. The van der Waals surface area contributed by atoms with Crippen LogP contribution < -0.4 is 21.1 Å². The Labute approximate surface area is 190 Å². The zero-order valence-electron chi connectivity index (χ0n) is 18.6. The Bertz CT molecular complexity index is 1290. The first kappa shape index (κ1) is 22.0. The molecule has 4 rings (SSSR count). The van der Waals surface area contributed by atoms with Crippen molar-refractivity contribution in [2.24, 2.45) is 23.7 Å². The van der Waals surface area contributed by atoms with Crippen LogP contribution in [0.5, 0.6) is 11.5 Å². The van der Waals surface area contributed by atoms with Gasteiger partial charge in [-0.05, 0) is 43.0 Å². The number of nitrogens with zero attached hydrogens (tertiary/aromatic N) is 4. The van der Waals surface area contributed by atoms with E-state index in [4.69, 9.17) is 10.5 Å². The fraction of sp³-hybridized carbons (Fsp3) is 0.261. The number of allylic oxidation sites excluding steroid dienone is 1. The van der Waals surface area contributed by atoms with Crippen molar-refractivity contribution in [3.8, 4) is 11.5 Å². The maximum absolute atomic E-state index is 12.3. The lowest BCUT2D eigenvalue weighted by Crippen LogP contribution is -2.27. The Morgan fingerprint density at radius 1 is 1.24 bits per heavy atom. The van der Waals surface area contributed by atoms with Gasteiger partial charge in [0.15, 0.2) is 0 Å². The molecule has 1 aromatic carbocycles. The second-order valence-corrected chi connectivity index (χ2v) is 7.78. The first-order valence-electron chi connectivity index (χ1n) is 10.5. The van der Waals surface area contributed by atoms with Crippen molar-refractivity contribution in [2.45, 2.75) is 19.8 Å². The van der Waals surface area contributed by atoms with Gasteiger partial charge < -0.3 is 25.7 Å². The number of imidazole rings is 1. The molecule has 1 aliphatic rings. The number of aromatic nitrogens is 3. The molecule has 0 unspecified atom stereocenters. The number of benzene rings is 1. The van der Waals surface area contributed by atoms with E-state index < -0.39 is 0 Å². The predicted molar refractivity (Wildman–Crippen MR) is 125 cm³/mol. The van der Waals surface area contributed by atoms with Crippen LogP contribution in [-0.2, 0) is 16.6 Å². The molecule has 1 aliphatic carbocycles. The van der Waals surface area contributed by atoms with Crippen molar-refractivity contribution in [1.29, 1.82) is 0 Å². The summed E-state index contributed by atoms with van der Waals surface area (Å²) in [6.07, 6.45) is 5.24. The Hall–Kier alpha value is -4.21. The van der Waals surface area contributed by atoms with Gasteiger partial charge >= 0.3 is 0 Å². The van der Waals surface area contributed by atoms with Crippen LogP contribution in [0.3, 0.4) is 0 Å². The average molecular weight is 447 g/mol. The van der Waals surface area contributed by atoms with Crippen LogP contribution in [0.25, 0.3) is 11.0 Å². The van der Waals surface area contributed by atoms with Crippen LogP contribution in [0.4, 0.5) is 11.8 Å². The number of carbonyl (C=O) groups is 2. The van der Waals surface area contributed by atoms with Crippen molar-refractivity contribution in [3.05, 3.63) is 48.3 Å². The first-order valence-corrected chi connectivity index (χ1v) is 10.5.